The monoisotopic (exact) mass is 301 g/mol. The first-order valence-corrected chi connectivity index (χ1v) is 6.31. The van der Waals surface area contributed by atoms with Crippen molar-refractivity contribution in [1.29, 1.82) is 0 Å². The summed E-state index contributed by atoms with van der Waals surface area (Å²) < 4.78 is 0.616. The maximum Gasteiger partial charge on any atom is 0.288 e. The molecule has 0 aromatic carbocycles. The number of nitrogens with zero attached hydrogens (tertiary/aromatic N) is 2. The predicted molar refractivity (Wildman–Crippen MR) is 71.1 cm³/mol. The van der Waals surface area contributed by atoms with Crippen LogP contribution in [0.1, 0.15) is 27.2 Å². The number of hydrogen-bond acceptors (Lipinski definition) is 4. The van der Waals surface area contributed by atoms with Crippen molar-refractivity contribution in [1.82, 2.24) is 4.98 Å². The number of pyridine rings is 1. The number of hydrogen-bond donors (Lipinski definition) is 1. The molecule has 0 amide bonds. The SMILES string of the molecule is CCC(Nc1ncc([N+](=O)[O-])cc1Br)C(C)C. The molecule has 0 radical (unpaired) electrons. The van der Waals surface area contributed by atoms with Gasteiger partial charge in [0.25, 0.3) is 5.69 Å². The molecule has 1 unspecified atom stereocenters. The largest absolute Gasteiger partial charge is 0.366 e. The lowest BCUT2D eigenvalue weighted by atomic mass is 10.0. The number of nitrogens with one attached hydrogen (secondary N) is 1. The molecule has 1 N–H and O–H groups in total. The molecule has 0 saturated heterocycles. The minimum Gasteiger partial charge on any atom is -0.366 e. The maximum absolute atomic E-state index is 10.6. The van der Waals surface area contributed by atoms with Crippen LogP contribution in [0.4, 0.5) is 11.5 Å². The Kier molecular flexibility index (Phi) is 4.86. The van der Waals surface area contributed by atoms with Crippen molar-refractivity contribution in [2.75, 3.05) is 5.32 Å². The van der Waals surface area contributed by atoms with Crippen LogP contribution in [0, 0.1) is 16.0 Å². The van der Waals surface area contributed by atoms with E-state index in [-0.39, 0.29) is 5.69 Å². The van der Waals surface area contributed by atoms with Crippen LogP contribution < -0.4 is 5.32 Å². The summed E-state index contributed by atoms with van der Waals surface area (Å²) in [6, 6.07) is 1.77. The molecule has 1 aromatic heterocycles. The van der Waals surface area contributed by atoms with Gasteiger partial charge in [-0.2, -0.15) is 0 Å². The van der Waals surface area contributed by atoms with E-state index in [1.54, 1.807) is 0 Å². The third-order valence-electron chi connectivity index (χ3n) is 2.60. The summed E-state index contributed by atoms with van der Waals surface area (Å²) in [5, 5.41) is 13.9. The Bertz CT molecular complexity index is 410. The lowest BCUT2D eigenvalue weighted by molar-refractivity contribution is -0.385. The molecule has 1 aromatic rings. The van der Waals surface area contributed by atoms with Crippen LogP contribution >= 0.6 is 15.9 Å². The summed E-state index contributed by atoms with van der Waals surface area (Å²) in [7, 11) is 0. The number of anilines is 1. The van der Waals surface area contributed by atoms with Crippen molar-refractivity contribution in [2.24, 2.45) is 5.92 Å². The molecule has 0 fully saturated rings. The van der Waals surface area contributed by atoms with Gasteiger partial charge in [0.1, 0.15) is 12.0 Å². The van der Waals surface area contributed by atoms with Crippen molar-refractivity contribution in [3.05, 3.63) is 26.9 Å². The standard InChI is InChI=1S/C11H16BrN3O2/c1-4-10(7(2)3)14-11-9(12)5-8(6-13-11)15(16)17/h5-7,10H,4H2,1-3H3,(H,13,14). The van der Waals surface area contributed by atoms with Gasteiger partial charge in [0, 0.05) is 12.1 Å². The van der Waals surface area contributed by atoms with E-state index in [2.05, 4.69) is 47.0 Å². The van der Waals surface area contributed by atoms with Gasteiger partial charge in [0.05, 0.1) is 9.40 Å². The van der Waals surface area contributed by atoms with Crippen LogP contribution in [0.15, 0.2) is 16.7 Å². The molecule has 5 nitrogen and oxygen atoms in total. The highest BCUT2D eigenvalue weighted by molar-refractivity contribution is 9.10. The molecule has 1 rings (SSSR count). The average Bonchev–Trinajstić information content (AvgIpc) is 2.26. The molecule has 0 bridgehead atoms. The molecule has 6 heteroatoms. The van der Waals surface area contributed by atoms with Crippen LogP contribution in [-0.4, -0.2) is 15.9 Å². The van der Waals surface area contributed by atoms with E-state index in [0.29, 0.717) is 22.3 Å². The Morgan fingerprint density at radius 1 is 1.59 bits per heavy atom. The zero-order chi connectivity index (χ0) is 13.0. The predicted octanol–water partition coefficient (Wildman–Crippen LogP) is 3.60. The second-order valence-corrected chi connectivity index (χ2v) is 5.04. The first-order valence-electron chi connectivity index (χ1n) is 5.52. The highest BCUT2D eigenvalue weighted by Crippen LogP contribution is 2.26. The third kappa shape index (κ3) is 3.66. The summed E-state index contributed by atoms with van der Waals surface area (Å²) in [6.07, 6.45) is 2.24. The van der Waals surface area contributed by atoms with Crippen LogP contribution in [0.25, 0.3) is 0 Å². The zero-order valence-electron chi connectivity index (χ0n) is 10.1. The minimum atomic E-state index is -0.457. The van der Waals surface area contributed by atoms with Gasteiger partial charge in [-0.3, -0.25) is 10.1 Å². The Labute approximate surface area is 109 Å². The molecule has 0 spiro atoms. The fourth-order valence-electron chi connectivity index (χ4n) is 1.55. The first-order chi connectivity index (χ1) is 7.95. The van der Waals surface area contributed by atoms with E-state index < -0.39 is 4.92 Å². The molecule has 0 aliphatic heterocycles. The van der Waals surface area contributed by atoms with E-state index >= 15 is 0 Å². The number of nitro groups is 1. The second kappa shape index (κ2) is 5.95. The highest BCUT2D eigenvalue weighted by Gasteiger charge is 2.15. The van der Waals surface area contributed by atoms with Crippen molar-refractivity contribution >= 4 is 27.4 Å². The molecule has 0 aliphatic carbocycles. The van der Waals surface area contributed by atoms with Gasteiger partial charge in [-0.25, -0.2) is 4.98 Å². The van der Waals surface area contributed by atoms with Gasteiger partial charge < -0.3 is 5.32 Å². The second-order valence-electron chi connectivity index (χ2n) is 4.18. The fourth-order valence-corrected chi connectivity index (χ4v) is 2.00. The summed E-state index contributed by atoms with van der Waals surface area (Å²) >= 11 is 3.29. The average molecular weight is 302 g/mol. The van der Waals surface area contributed by atoms with Crippen molar-refractivity contribution in [3.63, 3.8) is 0 Å². The summed E-state index contributed by atoms with van der Waals surface area (Å²) in [5.74, 6) is 1.13. The fraction of sp³-hybridized carbons (Fsp3) is 0.545. The lowest BCUT2D eigenvalue weighted by Gasteiger charge is -2.21. The molecule has 1 atom stereocenters. The maximum atomic E-state index is 10.6. The van der Waals surface area contributed by atoms with E-state index in [1.165, 1.54) is 12.3 Å². The van der Waals surface area contributed by atoms with Crippen LogP contribution in [0.5, 0.6) is 0 Å². The van der Waals surface area contributed by atoms with Gasteiger partial charge in [-0.05, 0) is 28.3 Å². The first kappa shape index (κ1) is 13.9. The molecular formula is C11H16BrN3O2. The smallest absolute Gasteiger partial charge is 0.288 e. The van der Waals surface area contributed by atoms with Gasteiger partial charge in [-0.1, -0.05) is 20.8 Å². The molecule has 1 heterocycles. The molecule has 0 saturated carbocycles. The summed E-state index contributed by atoms with van der Waals surface area (Å²) in [5.41, 5.74) is -0.0139. The van der Waals surface area contributed by atoms with Crippen molar-refractivity contribution in [2.45, 2.75) is 33.2 Å². The van der Waals surface area contributed by atoms with Crippen LogP contribution in [0.3, 0.4) is 0 Å². The van der Waals surface area contributed by atoms with Gasteiger partial charge >= 0.3 is 0 Å². The highest BCUT2D eigenvalue weighted by atomic mass is 79.9. The molecular weight excluding hydrogens is 286 g/mol. The van der Waals surface area contributed by atoms with Gasteiger partial charge in [0.2, 0.25) is 0 Å². The molecule has 17 heavy (non-hydrogen) atoms. The van der Waals surface area contributed by atoms with Crippen molar-refractivity contribution in [3.8, 4) is 0 Å². The van der Waals surface area contributed by atoms with Gasteiger partial charge in [-0.15, -0.1) is 0 Å². The topological polar surface area (TPSA) is 68.1 Å². The summed E-state index contributed by atoms with van der Waals surface area (Å²) in [4.78, 5) is 14.2. The van der Waals surface area contributed by atoms with Crippen LogP contribution in [-0.2, 0) is 0 Å². The minimum absolute atomic E-state index is 0.0139. The van der Waals surface area contributed by atoms with Crippen LogP contribution in [0.2, 0.25) is 0 Å². The van der Waals surface area contributed by atoms with E-state index in [0.717, 1.165) is 6.42 Å². The number of rotatable bonds is 5. The summed E-state index contributed by atoms with van der Waals surface area (Å²) in [6.45, 7) is 6.35. The Morgan fingerprint density at radius 2 is 2.24 bits per heavy atom. The molecule has 94 valence electrons. The van der Waals surface area contributed by atoms with Crippen molar-refractivity contribution < 1.29 is 4.92 Å². The van der Waals surface area contributed by atoms with E-state index in [9.17, 15) is 10.1 Å². The number of halogens is 1. The lowest BCUT2D eigenvalue weighted by Crippen LogP contribution is -2.25. The van der Waals surface area contributed by atoms with Gasteiger partial charge in [0.15, 0.2) is 0 Å². The van der Waals surface area contributed by atoms with E-state index in [1.807, 2.05) is 0 Å². The number of aromatic nitrogens is 1. The third-order valence-corrected chi connectivity index (χ3v) is 3.21. The Morgan fingerprint density at radius 3 is 2.65 bits per heavy atom. The zero-order valence-corrected chi connectivity index (χ0v) is 11.7. The normalized spacial score (nSPS) is 12.5. The quantitative estimate of drug-likeness (QED) is 0.666. The Hall–Kier alpha value is -1.17. The van der Waals surface area contributed by atoms with E-state index in [4.69, 9.17) is 0 Å². The molecule has 0 aliphatic rings. The Balaban J connectivity index is 2.89.